The molecule has 1 fully saturated rings. The lowest BCUT2D eigenvalue weighted by atomic mass is 9.85. The van der Waals surface area contributed by atoms with Gasteiger partial charge in [-0.05, 0) is 35.2 Å². The Kier molecular flexibility index (Phi) is 7.96. The third kappa shape index (κ3) is 5.30. The van der Waals surface area contributed by atoms with E-state index >= 15 is 0 Å². The molecule has 0 amide bonds. The van der Waals surface area contributed by atoms with Crippen LogP contribution in [0.3, 0.4) is 0 Å². The van der Waals surface area contributed by atoms with Crippen molar-refractivity contribution in [3.63, 3.8) is 0 Å². The predicted molar refractivity (Wildman–Crippen MR) is 146 cm³/mol. The Labute approximate surface area is 244 Å². The summed E-state index contributed by atoms with van der Waals surface area (Å²) in [6.07, 6.45) is -1.59. The topological polar surface area (TPSA) is 200 Å². The maximum absolute atomic E-state index is 13.3. The summed E-state index contributed by atoms with van der Waals surface area (Å²) < 4.78 is 50.9. The van der Waals surface area contributed by atoms with Gasteiger partial charge >= 0.3 is 13.8 Å². The molecule has 15 heteroatoms. The van der Waals surface area contributed by atoms with Crippen LogP contribution in [0.5, 0.6) is 23.0 Å². The number of hydrogen-bond donors (Lipinski definition) is 5. The number of fused-ring (bicyclic) bond motifs is 3. The van der Waals surface area contributed by atoms with Crippen LogP contribution in [0.2, 0.25) is 0 Å². The van der Waals surface area contributed by atoms with Crippen molar-refractivity contribution >= 4 is 24.6 Å². The summed E-state index contributed by atoms with van der Waals surface area (Å²) in [6.45, 7) is -1.49. The van der Waals surface area contributed by atoms with E-state index in [9.17, 15) is 34.5 Å². The van der Waals surface area contributed by atoms with Gasteiger partial charge in [-0.25, -0.2) is 9.36 Å². The quantitative estimate of drug-likeness (QED) is 0.171. The van der Waals surface area contributed by atoms with Gasteiger partial charge in [-0.15, -0.1) is 0 Å². The Morgan fingerprint density at radius 3 is 2.42 bits per heavy atom. The lowest BCUT2D eigenvalue weighted by Crippen LogP contribution is -2.51. The molecule has 6 rings (SSSR count). The second-order valence-electron chi connectivity index (χ2n) is 10.2. The number of carbonyl (C=O) groups excluding carboxylic acids is 1. The molecule has 0 aliphatic carbocycles. The van der Waals surface area contributed by atoms with Crippen LogP contribution in [0, 0.1) is 11.8 Å². The van der Waals surface area contributed by atoms with E-state index in [1.54, 1.807) is 18.2 Å². The summed E-state index contributed by atoms with van der Waals surface area (Å²) in [5.41, 5.74) is 1.35. The van der Waals surface area contributed by atoms with Crippen molar-refractivity contribution in [2.24, 2.45) is 11.8 Å². The smallest absolute Gasteiger partial charge is 0.463 e. The number of carbonyl (C=O) groups is 1. The molecule has 0 saturated carbocycles. The zero-order chi connectivity index (χ0) is 30.5. The standard InChI is InChI=1S/C28H29O14P/c1-36-23-11-38-28(18(9-31)17(23)8-30)41-26-16-4-14(7-29)21(42-43(33,34)35)6-15(16)24(25-19(26)10-37-27(25)32)13-2-3-20-22(5-13)40-12-39-20/h2-6,17-18,23,28-31H,7-12H2,1H3,(H2,33,34,35). The van der Waals surface area contributed by atoms with Gasteiger partial charge in [0.25, 0.3) is 0 Å². The molecule has 5 N–H and O–H groups in total. The molecule has 14 nitrogen and oxygen atoms in total. The van der Waals surface area contributed by atoms with Gasteiger partial charge in [-0.3, -0.25) is 9.79 Å². The number of benzene rings is 3. The minimum atomic E-state index is -5.06. The summed E-state index contributed by atoms with van der Waals surface area (Å²) >= 11 is 0. The van der Waals surface area contributed by atoms with Crippen molar-refractivity contribution in [1.82, 2.24) is 0 Å². The summed E-state index contributed by atoms with van der Waals surface area (Å²) in [6, 6.07) is 7.77. The number of phosphoric ester groups is 1. The van der Waals surface area contributed by atoms with Gasteiger partial charge in [0.05, 0.1) is 37.4 Å². The fraction of sp³-hybridized carbons (Fsp3) is 0.393. The Bertz CT molecular complexity index is 1620. The van der Waals surface area contributed by atoms with Gasteiger partial charge in [-0.2, -0.15) is 0 Å². The molecule has 3 heterocycles. The molecule has 4 unspecified atom stereocenters. The van der Waals surface area contributed by atoms with E-state index in [1.807, 2.05) is 0 Å². The molecule has 230 valence electrons. The van der Waals surface area contributed by atoms with Crippen molar-refractivity contribution in [3.8, 4) is 34.1 Å². The van der Waals surface area contributed by atoms with Crippen molar-refractivity contribution in [2.75, 3.05) is 33.7 Å². The lowest BCUT2D eigenvalue weighted by Gasteiger charge is -2.40. The molecule has 3 aliphatic heterocycles. The summed E-state index contributed by atoms with van der Waals surface area (Å²) in [4.78, 5) is 32.4. The largest absolute Gasteiger partial charge is 0.524 e. The molecule has 3 aromatic carbocycles. The van der Waals surface area contributed by atoms with Crippen LogP contribution >= 0.6 is 7.82 Å². The number of methoxy groups -OCH3 is 1. The van der Waals surface area contributed by atoms with Crippen LogP contribution in [-0.2, 0) is 32.0 Å². The zero-order valence-electron chi connectivity index (χ0n) is 22.8. The Hall–Kier alpha value is -3.46. The Balaban J connectivity index is 1.60. The first kappa shape index (κ1) is 29.6. The molecule has 3 aliphatic rings. The molecule has 3 aromatic rings. The highest BCUT2D eigenvalue weighted by Crippen LogP contribution is 2.50. The van der Waals surface area contributed by atoms with E-state index in [-0.39, 0.29) is 54.6 Å². The van der Waals surface area contributed by atoms with Crippen LogP contribution in [-0.4, -0.2) is 77.2 Å². The monoisotopic (exact) mass is 620 g/mol. The zero-order valence-corrected chi connectivity index (χ0v) is 23.7. The van der Waals surface area contributed by atoms with Crippen LogP contribution < -0.4 is 18.7 Å². The SMILES string of the molecule is COC1COC(Oc2c3c(c(-c4ccc5c(c4)OCO5)c4cc(OP(=O)(O)O)c(CO)cc24)C(=O)OC3)C(CO)C1CO. The second kappa shape index (κ2) is 11.6. The second-order valence-corrected chi connectivity index (χ2v) is 11.4. The van der Waals surface area contributed by atoms with Gasteiger partial charge in [0.2, 0.25) is 13.1 Å². The minimum absolute atomic E-state index is 0.0127. The number of aliphatic hydroxyl groups is 3. The maximum Gasteiger partial charge on any atom is 0.524 e. The van der Waals surface area contributed by atoms with Gasteiger partial charge < -0.3 is 48.3 Å². The van der Waals surface area contributed by atoms with Gasteiger partial charge in [0.15, 0.2) is 11.5 Å². The highest BCUT2D eigenvalue weighted by atomic mass is 31.2. The Morgan fingerprint density at radius 2 is 1.72 bits per heavy atom. The number of ether oxygens (including phenoxy) is 6. The van der Waals surface area contributed by atoms with Crippen LogP contribution in [0.25, 0.3) is 21.9 Å². The number of aliphatic hydroxyl groups excluding tert-OH is 3. The van der Waals surface area contributed by atoms with E-state index in [2.05, 4.69) is 0 Å². The normalized spacial score (nSPS) is 22.9. The third-order valence-corrected chi connectivity index (χ3v) is 8.34. The third-order valence-electron chi connectivity index (χ3n) is 7.90. The van der Waals surface area contributed by atoms with Crippen LogP contribution in [0.1, 0.15) is 21.5 Å². The van der Waals surface area contributed by atoms with Crippen molar-refractivity contribution in [3.05, 3.63) is 47.0 Å². The van der Waals surface area contributed by atoms with Gasteiger partial charge in [0.1, 0.15) is 18.1 Å². The van der Waals surface area contributed by atoms with E-state index in [0.29, 0.717) is 33.6 Å². The molecule has 0 spiro atoms. The van der Waals surface area contributed by atoms with Crippen molar-refractivity contribution < 1.29 is 67.4 Å². The average molecular weight is 621 g/mol. The van der Waals surface area contributed by atoms with E-state index in [1.165, 1.54) is 19.2 Å². The number of rotatable bonds is 9. The molecule has 43 heavy (non-hydrogen) atoms. The van der Waals surface area contributed by atoms with Crippen molar-refractivity contribution in [2.45, 2.75) is 25.6 Å². The van der Waals surface area contributed by atoms with Crippen LogP contribution in [0.15, 0.2) is 30.3 Å². The molecule has 0 radical (unpaired) electrons. The predicted octanol–water partition coefficient (Wildman–Crippen LogP) is 1.84. The summed E-state index contributed by atoms with van der Waals surface area (Å²) in [5, 5.41) is 31.1. The lowest BCUT2D eigenvalue weighted by molar-refractivity contribution is -0.218. The first-order valence-corrected chi connectivity index (χ1v) is 14.8. The minimum Gasteiger partial charge on any atom is -0.463 e. The molecular weight excluding hydrogens is 591 g/mol. The summed E-state index contributed by atoms with van der Waals surface area (Å²) in [5.74, 6) is -1.19. The number of phosphoric acid groups is 1. The molecule has 0 bridgehead atoms. The van der Waals surface area contributed by atoms with Crippen molar-refractivity contribution in [1.29, 1.82) is 0 Å². The van der Waals surface area contributed by atoms with E-state index < -0.39 is 51.2 Å². The molecule has 0 aromatic heterocycles. The highest BCUT2D eigenvalue weighted by Gasteiger charge is 2.43. The van der Waals surface area contributed by atoms with Gasteiger partial charge in [-0.1, -0.05) is 6.07 Å². The average Bonchev–Trinajstić information content (AvgIpc) is 3.61. The molecular formula is C28H29O14P. The maximum atomic E-state index is 13.3. The van der Waals surface area contributed by atoms with Gasteiger partial charge in [0, 0.05) is 41.7 Å². The molecule has 4 atom stereocenters. The van der Waals surface area contributed by atoms with E-state index in [4.69, 9.17) is 32.9 Å². The first-order chi connectivity index (χ1) is 20.7. The van der Waals surface area contributed by atoms with Crippen LogP contribution in [0.4, 0.5) is 0 Å². The van der Waals surface area contributed by atoms with E-state index in [0.717, 1.165) is 0 Å². The summed E-state index contributed by atoms with van der Waals surface area (Å²) in [7, 11) is -3.59. The highest BCUT2D eigenvalue weighted by molar-refractivity contribution is 7.46. The number of esters is 1. The number of cyclic esters (lactones) is 1. The first-order valence-electron chi connectivity index (χ1n) is 13.3. The Morgan fingerprint density at radius 1 is 0.953 bits per heavy atom. The number of hydrogen-bond acceptors (Lipinski definition) is 12. The fourth-order valence-electron chi connectivity index (χ4n) is 5.85. The fourth-order valence-corrected chi connectivity index (χ4v) is 6.27. The molecule has 1 saturated heterocycles.